The molecule has 1 aliphatic rings. The average Bonchev–Trinajstić information content (AvgIpc) is 2.70. The first-order valence-corrected chi connectivity index (χ1v) is 9.76. The number of aryl methyl sites for hydroxylation is 2. The van der Waals surface area contributed by atoms with Crippen molar-refractivity contribution in [2.45, 2.75) is 13.8 Å². The topological polar surface area (TPSA) is 57.2 Å². The zero-order chi connectivity index (χ0) is 19.5. The van der Waals surface area contributed by atoms with E-state index in [0.29, 0.717) is 5.95 Å². The number of benzene rings is 1. The summed E-state index contributed by atoms with van der Waals surface area (Å²) in [6.45, 7) is 7.63. The molecule has 0 bridgehead atoms. The highest BCUT2D eigenvalue weighted by molar-refractivity contribution is 6.30. The second-order valence-corrected chi connectivity index (χ2v) is 7.37. The molecule has 3 aromatic rings. The summed E-state index contributed by atoms with van der Waals surface area (Å²) in [7, 11) is 0. The highest BCUT2D eigenvalue weighted by Crippen LogP contribution is 2.24. The minimum atomic E-state index is 0.604. The molecule has 28 heavy (non-hydrogen) atoms. The molecule has 2 aromatic heterocycles. The molecule has 3 heterocycles. The van der Waals surface area contributed by atoms with E-state index in [0.717, 1.165) is 59.8 Å². The lowest BCUT2D eigenvalue weighted by atomic mass is 10.2. The van der Waals surface area contributed by atoms with Crippen molar-refractivity contribution in [3.63, 3.8) is 0 Å². The Labute approximate surface area is 170 Å². The number of halogens is 1. The van der Waals surface area contributed by atoms with E-state index in [1.807, 2.05) is 56.4 Å². The summed E-state index contributed by atoms with van der Waals surface area (Å²) in [5.74, 6) is 2.58. The number of hydrogen-bond acceptors (Lipinski definition) is 6. The van der Waals surface area contributed by atoms with Crippen LogP contribution in [0.25, 0.3) is 0 Å². The van der Waals surface area contributed by atoms with Gasteiger partial charge in [0.1, 0.15) is 11.6 Å². The van der Waals surface area contributed by atoms with E-state index in [-0.39, 0.29) is 0 Å². The fourth-order valence-corrected chi connectivity index (χ4v) is 3.59. The van der Waals surface area contributed by atoms with Gasteiger partial charge in [0.25, 0.3) is 0 Å². The van der Waals surface area contributed by atoms with Crippen LogP contribution >= 0.6 is 11.6 Å². The van der Waals surface area contributed by atoms with Crippen LogP contribution in [0.5, 0.6) is 0 Å². The minimum Gasteiger partial charge on any atom is -0.353 e. The standard InChI is InChI=1S/C21H23ClN6/c1-15-13-17(22)6-7-18(15)25-21-24-16(2)14-20(26-21)28-11-9-27(10-12-28)19-5-3-4-8-23-19/h3-8,13-14H,9-12H2,1-2H3,(H,24,25,26). The normalized spacial score (nSPS) is 14.2. The maximum Gasteiger partial charge on any atom is 0.229 e. The van der Waals surface area contributed by atoms with E-state index in [1.165, 1.54) is 0 Å². The zero-order valence-electron chi connectivity index (χ0n) is 16.1. The largest absolute Gasteiger partial charge is 0.353 e. The van der Waals surface area contributed by atoms with E-state index in [9.17, 15) is 0 Å². The molecule has 7 heteroatoms. The van der Waals surface area contributed by atoms with Crippen molar-refractivity contribution in [3.8, 4) is 0 Å². The first-order valence-electron chi connectivity index (χ1n) is 9.38. The van der Waals surface area contributed by atoms with Gasteiger partial charge in [0.2, 0.25) is 5.95 Å². The third-order valence-corrected chi connectivity index (χ3v) is 5.09. The summed E-state index contributed by atoms with van der Waals surface area (Å²) in [4.78, 5) is 18.4. The third-order valence-electron chi connectivity index (χ3n) is 4.85. The van der Waals surface area contributed by atoms with Crippen LogP contribution in [0.4, 0.5) is 23.3 Å². The molecule has 0 amide bonds. The van der Waals surface area contributed by atoms with Crippen LogP contribution in [0, 0.1) is 13.8 Å². The monoisotopic (exact) mass is 394 g/mol. The van der Waals surface area contributed by atoms with Gasteiger partial charge in [0, 0.05) is 54.8 Å². The summed E-state index contributed by atoms with van der Waals surface area (Å²) < 4.78 is 0. The molecule has 1 saturated heterocycles. The van der Waals surface area contributed by atoms with Gasteiger partial charge >= 0.3 is 0 Å². The Balaban J connectivity index is 1.48. The van der Waals surface area contributed by atoms with Crippen molar-refractivity contribution >= 4 is 34.9 Å². The Kier molecular flexibility index (Phi) is 5.30. The summed E-state index contributed by atoms with van der Waals surface area (Å²) in [5.41, 5.74) is 2.95. The number of rotatable bonds is 4. The second-order valence-electron chi connectivity index (χ2n) is 6.94. The Morgan fingerprint density at radius 2 is 1.64 bits per heavy atom. The SMILES string of the molecule is Cc1cc(N2CCN(c3ccccn3)CC2)nc(Nc2ccc(Cl)cc2C)n1. The van der Waals surface area contributed by atoms with Gasteiger partial charge < -0.3 is 15.1 Å². The molecule has 6 nitrogen and oxygen atoms in total. The van der Waals surface area contributed by atoms with Gasteiger partial charge in [-0.25, -0.2) is 9.97 Å². The zero-order valence-corrected chi connectivity index (χ0v) is 16.8. The minimum absolute atomic E-state index is 0.604. The van der Waals surface area contributed by atoms with E-state index in [4.69, 9.17) is 16.6 Å². The van der Waals surface area contributed by atoms with E-state index in [1.54, 1.807) is 0 Å². The first-order chi connectivity index (χ1) is 13.6. The van der Waals surface area contributed by atoms with Crippen LogP contribution in [0.3, 0.4) is 0 Å². The molecule has 0 atom stereocenters. The lowest BCUT2D eigenvalue weighted by molar-refractivity contribution is 0.641. The molecule has 4 rings (SSSR count). The van der Waals surface area contributed by atoms with Crippen molar-refractivity contribution in [1.82, 2.24) is 15.0 Å². The molecule has 0 radical (unpaired) electrons. The van der Waals surface area contributed by atoms with E-state index in [2.05, 4.69) is 31.2 Å². The van der Waals surface area contributed by atoms with Gasteiger partial charge in [-0.3, -0.25) is 0 Å². The van der Waals surface area contributed by atoms with Gasteiger partial charge in [0.15, 0.2) is 0 Å². The van der Waals surface area contributed by atoms with Crippen LogP contribution in [0.15, 0.2) is 48.7 Å². The van der Waals surface area contributed by atoms with Crippen molar-refractivity contribution < 1.29 is 0 Å². The quantitative estimate of drug-likeness (QED) is 0.715. The highest BCUT2D eigenvalue weighted by Gasteiger charge is 2.20. The van der Waals surface area contributed by atoms with Gasteiger partial charge in [-0.05, 0) is 49.7 Å². The Morgan fingerprint density at radius 3 is 2.32 bits per heavy atom. The number of aromatic nitrogens is 3. The predicted molar refractivity (Wildman–Crippen MR) is 115 cm³/mol. The molecule has 144 valence electrons. The van der Waals surface area contributed by atoms with Gasteiger partial charge in [0.05, 0.1) is 0 Å². The van der Waals surface area contributed by atoms with Crippen molar-refractivity contribution in [1.29, 1.82) is 0 Å². The van der Waals surface area contributed by atoms with Crippen LogP contribution in [-0.2, 0) is 0 Å². The molecule has 1 fully saturated rings. The molecular formula is C21H23ClN6. The smallest absolute Gasteiger partial charge is 0.229 e. The molecule has 1 aromatic carbocycles. The van der Waals surface area contributed by atoms with Crippen LogP contribution < -0.4 is 15.1 Å². The van der Waals surface area contributed by atoms with Gasteiger partial charge in [-0.15, -0.1) is 0 Å². The predicted octanol–water partition coefficient (Wildman–Crippen LogP) is 4.21. The molecule has 0 spiro atoms. The Bertz CT molecular complexity index is 954. The average molecular weight is 395 g/mol. The summed E-state index contributed by atoms with van der Waals surface area (Å²) in [6.07, 6.45) is 1.84. The molecule has 0 aliphatic carbocycles. The molecule has 1 aliphatic heterocycles. The maximum absolute atomic E-state index is 6.05. The molecular weight excluding hydrogens is 372 g/mol. The maximum atomic E-state index is 6.05. The first kappa shape index (κ1) is 18.5. The number of anilines is 4. The van der Waals surface area contributed by atoms with Crippen molar-refractivity contribution in [2.24, 2.45) is 0 Å². The fourth-order valence-electron chi connectivity index (χ4n) is 3.36. The van der Waals surface area contributed by atoms with Crippen LogP contribution in [0.1, 0.15) is 11.3 Å². The number of nitrogens with one attached hydrogen (secondary N) is 1. The lowest BCUT2D eigenvalue weighted by Gasteiger charge is -2.36. The van der Waals surface area contributed by atoms with Gasteiger partial charge in [-0.2, -0.15) is 4.98 Å². The summed E-state index contributed by atoms with van der Waals surface area (Å²) >= 11 is 6.05. The third kappa shape index (κ3) is 4.17. The lowest BCUT2D eigenvalue weighted by Crippen LogP contribution is -2.47. The number of hydrogen-bond donors (Lipinski definition) is 1. The van der Waals surface area contributed by atoms with Crippen LogP contribution in [-0.4, -0.2) is 41.1 Å². The Morgan fingerprint density at radius 1 is 0.893 bits per heavy atom. The Hall–Kier alpha value is -2.86. The molecule has 1 N–H and O–H groups in total. The molecule has 0 saturated carbocycles. The number of piperazine rings is 1. The fraction of sp³-hybridized carbons (Fsp3) is 0.286. The molecule has 0 unspecified atom stereocenters. The summed E-state index contributed by atoms with van der Waals surface area (Å²) in [6, 6.07) is 13.8. The van der Waals surface area contributed by atoms with Crippen molar-refractivity contribution in [3.05, 3.63) is 64.9 Å². The second kappa shape index (κ2) is 8.02. The summed E-state index contributed by atoms with van der Waals surface area (Å²) in [5, 5.41) is 4.05. The number of pyridine rings is 1. The van der Waals surface area contributed by atoms with Gasteiger partial charge in [-0.1, -0.05) is 17.7 Å². The van der Waals surface area contributed by atoms with E-state index < -0.39 is 0 Å². The van der Waals surface area contributed by atoms with E-state index >= 15 is 0 Å². The highest BCUT2D eigenvalue weighted by atomic mass is 35.5. The van der Waals surface area contributed by atoms with Crippen molar-refractivity contribution in [2.75, 3.05) is 41.3 Å². The van der Waals surface area contributed by atoms with Crippen LogP contribution in [0.2, 0.25) is 5.02 Å². The number of nitrogens with zero attached hydrogens (tertiary/aromatic N) is 5.